The zero-order chi connectivity index (χ0) is 11.8. The second-order valence-electron chi connectivity index (χ2n) is 4.21. The third-order valence-corrected chi connectivity index (χ3v) is 3.09. The summed E-state index contributed by atoms with van der Waals surface area (Å²) in [6, 6.07) is 11.2. The van der Waals surface area contributed by atoms with Gasteiger partial charge in [0.15, 0.2) is 0 Å². The third kappa shape index (κ3) is 1.83. The first kappa shape index (κ1) is 10.4. The number of benzene rings is 2. The number of fused-ring (bicyclic) bond motifs is 1. The highest BCUT2D eigenvalue weighted by molar-refractivity contribution is 5.41. The summed E-state index contributed by atoms with van der Waals surface area (Å²) in [5.74, 6) is -0.481. The van der Waals surface area contributed by atoms with Gasteiger partial charge < -0.3 is 5.32 Å². The smallest absolute Gasteiger partial charge is 0.123 e. The molecule has 0 aliphatic carbocycles. The Bertz CT molecular complexity index is 566. The van der Waals surface area contributed by atoms with Crippen LogP contribution in [0.3, 0.4) is 0 Å². The van der Waals surface area contributed by atoms with E-state index in [2.05, 4.69) is 5.32 Å². The fourth-order valence-electron chi connectivity index (χ4n) is 2.31. The van der Waals surface area contributed by atoms with Gasteiger partial charge in [0.25, 0.3) is 0 Å². The van der Waals surface area contributed by atoms with Crippen LogP contribution in [0, 0.1) is 11.6 Å². The standard InChI is InChI=1S/C14H11F2N/c15-11-3-1-2-9(6-11)14-13-5-4-12(16)7-10(13)8-17-14/h1-7,14,17H,8H2. The van der Waals surface area contributed by atoms with E-state index in [9.17, 15) is 8.78 Å². The zero-order valence-corrected chi connectivity index (χ0v) is 9.08. The fraction of sp³-hybridized carbons (Fsp3) is 0.143. The molecule has 0 fully saturated rings. The second kappa shape index (κ2) is 3.93. The molecule has 1 heterocycles. The van der Waals surface area contributed by atoms with Crippen LogP contribution in [0.2, 0.25) is 0 Å². The van der Waals surface area contributed by atoms with Gasteiger partial charge in [0.05, 0.1) is 6.04 Å². The van der Waals surface area contributed by atoms with Crippen LogP contribution in [-0.2, 0) is 6.54 Å². The Morgan fingerprint density at radius 1 is 1.00 bits per heavy atom. The van der Waals surface area contributed by atoms with Crippen molar-refractivity contribution in [1.82, 2.24) is 5.32 Å². The molecule has 0 saturated carbocycles. The Morgan fingerprint density at radius 3 is 2.65 bits per heavy atom. The highest BCUT2D eigenvalue weighted by Crippen LogP contribution is 2.31. The molecule has 0 saturated heterocycles. The molecule has 3 heteroatoms. The van der Waals surface area contributed by atoms with Crippen LogP contribution in [0.25, 0.3) is 0 Å². The fourth-order valence-corrected chi connectivity index (χ4v) is 2.31. The van der Waals surface area contributed by atoms with Gasteiger partial charge in [-0.25, -0.2) is 8.78 Å². The monoisotopic (exact) mass is 231 g/mol. The minimum atomic E-state index is -0.250. The minimum Gasteiger partial charge on any atom is -0.302 e. The lowest BCUT2D eigenvalue weighted by Crippen LogP contribution is -2.13. The lowest BCUT2D eigenvalue weighted by Gasteiger charge is -2.12. The predicted octanol–water partition coefficient (Wildman–Crippen LogP) is 3.16. The van der Waals surface area contributed by atoms with E-state index in [0.717, 1.165) is 16.7 Å². The van der Waals surface area contributed by atoms with Gasteiger partial charge in [-0.05, 0) is 41.0 Å². The van der Waals surface area contributed by atoms with Crippen LogP contribution in [-0.4, -0.2) is 0 Å². The molecule has 86 valence electrons. The maximum atomic E-state index is 13.2. The summed E-state index contributed by atoms with van der Waals surface area (Å²) in [6.45, 7) is 0.619. The summed E-state index contributed by atoms with van der Waals surface area (Å²) < 4.78 is 26.2. The van der Waals surface area contributed by atoms with E-state index in [-0.39, 0.29) is 17.7 Å². The molecule has 0 amide bonds. The van der Waals surface area contributed by atoms with Crippen LogP contribution in [0.5, 0.6) is 0 Å². The molecule has 0 aromatic heterocycles. The van der Waals surface area contributed by atoms with E-state index in [1.54, 1.807) is 12.1 Å². The molecule has 2 aromatic rings. The van der Waals surface area contributed by atoms with E-state index in [1.807, 2.05) is 6.07 Å². The van der Waals surface area contributed by atoms with Gasteiger partial charge in [0.1, 0.15) is 11.6 Å². The lowest BCUT2D eigenvalue weighted by molar-refractivity contribution is 0.614. The molecule has 0 spiro atoms. The minimum absolute atomic E-state index is 0.0405. The number of nitrogens with one attached hydrogen (secondary N) is 1. The van der Waals surface area contributed by atoms with Gasteiger partial charge in [-0.1, -0.05) is 18.2 Å². The number of hydrogen-bond donors (Lipinski definition) is 1. The molecule has 17 heavy (non-hydrogen) atoms. The molecule has 0 radical (unpaired) electrons. The first-order valence-corrected chi connectivity index (χ1v) is 5.51. The Balaban J connectivity index is 2.04. The van der Waals surface area contributed by atoms with Crippen LogP contribution < -0.4 is 5.32 Å². The highest BCUT2D eigenvalue weighted by atomic mass is 19.1. The Labute approximate surface area is 98.1 Å². The predicted molar refractivity (Wildman–Crippen MR) is 61.5 cm³/mol. The van der Waals surface area contributed by atoms with Crippen LogP contribution in [0.4, 0.5) is 8.78 Å². The lowest BCUT2D eigenvalue weighted by atomic mass is 9.98. The molecular formula is C14H11F2N. The van der Waals surface area contributed by atoms with Crippen molar-refractivity contribution in [2.75, 3.05) is 0 Å². The molecule has 1 aliphatic heterocycles. The van der Waals surface area contributed by atoms with Crippen molar-refractivity contribution in [3.05, 3.63) is 70.8 Å². The second-order valence-corrected chi connectivity index (χ2v) is 4.21. The third-order valence-electron chi connectivity index (χ3n) is 3.09. The van der Waals surface area contributed by atoms with E-state index < -0.39 is 0 Å². The maximum Gasteiger partial charge on any atom is 0.123 e. The maximum absolute atomic E-state index is 13.2. The summed E-state index contributed by atoms with van der Waals surface area (Å²) in [4.78, 5) is 0. The van der Waals surface area contributed by atoms with Crippen molar-refractivity contribution >= 4 is 0 Å². The summed E-state index contributed by atoms with van der Waals surface area (Å²) in [6.07, 6.45) is 0. The molecule has 1 atom stereocenters. The molecule has 2 aromatic carbocycles. The summed E-state index contributed by atoms with van der Waals surface area (Å²) in [5, 5.41) is 3.26. The first-order chi connectivity index (χ1) is 8.24. The highest BCUT2D eigenvalue weighted by Gasteiger charge is 2.23. The van der Waals surface area contributed by atoms with Gasteiger partial charge in [0.2, 0.25) is 0 Å². The van der Waals surface area contributed by atoms with Crippen molar-refractivity contribution in [1.29, 1.82) is 0 Å². The average molecular weight is 231 g/mol. The van der Waals surface area contributed by atoms with Crippen LogP contribution >= 0.6 is 0 Å². The Morgan fingerprint density at radius 2 is 1.82 bits per heavy atom. The van der Waals surface area contributed by atoms with Gasteiger partial charge in [-0.15, -0.1) is 0 Å². The van der Waals surface area contributed by atoms with E-state index in [4.69, 9.17) is 0 Å². The topological polar surface area (TPSA) is 12.0 Å². The Kier molecular flexibility index (Phi) is 2.41. The molecule has 3 rings (SSSR count). The molecule has 1 aliphatic rings. The van der Waals surface area contributed by atoms with E-state index >= 15 is 0 Å². The number of halogens is 2. The van der Waals surface area contributed by atoms with Crippen molar-refractivity contribution in [2.45, 2.75) is 12.6 Å². The van der Waals surface area contributed by atoms with Gasteiger partial charge in [0, 0.05) is 6.54 Å². The van der Waals surface area contributed by atoms with Crippen molar-refractivity contribution in [3.8, 4) is 0 Å². The largest absolute Gasteiger partial charge is 0.302 e. The Hall–Kier alpha value is -1.74. The molecular weight excluding hydrogens is 220 g/mol. The molecule has 1 unspecified atom stereocenters. The van der Waals surface area contributed by atoms with Crippen molar-refractivity contribution < 1.29 is 8.78 Å². The molecule has 1 nitrogen and oxygen atoms in total. The number of rotatable bonds is 1. The van der Waals surface area contributed by atoms with Gasteiger partial charge in [-0.2, -0.15) is 0 Å². The summed E-state index contributed by atoms with van der Waals surface area (Å²) >= 11 is 0. The van der Waals surface area contributed by atoms with Crippen molar-refractivity contribution in [2.24, 2.45) is 0 Å². The van der Waals surface area contributed by atoms with Crippen LogP contribution in [0.15, 0.2) is 42.5 Å². The van der Waals surface area contributed by atoms with E-state index in [0.29, 0.717) is 6.54 Å². The first-order valence-electron chi connectivity index (χ1n) is 5.51. The quantitative estimate of drug-likeness (QED) is 0.795. The molecule has 0 bridgehead atoms. The van der Waals surface area contributed by atoms with E-state index in [1.165, 1.54) is 24.3 Å². The average Bonchev–Trinajstić information content (AvgIpc) is 2.71. The number of hydrogen-bond acceptors (Lipinski definition) is 1. The summed E-state index contributed by atoms with van der Waals surface area (Å²) in [5.41, 5.74) is 2.84. The summed E-state index contributed by atoms with van der Waals surface area (Å²) in [7, 11) is 0. The van der Waals surface area contributed by atoms with Gasteiger partial charge in [-0.3, -0.25) is 0 Å². The molecule has 1 N–H and O–H groups in total. The van der Waals surface area contributed by atoms with Crippen molar-refractivity contribution in [3.63, 3.8) is 0 Å². The normalized spacial score (nSPS) is 18.1. The van der Waals surface area contributed by atoms with Gasteiger partial charge >= 0.3 is 0 Å². The zero-order valence-electron chi connectivity index (χ0n) is 9.08. The van der Waals surface area contributed by atoms with Crippen LogP contribution in [0.1, 0.15) is 22.7 Å². The SMILES string of the molecule is Fc1cccc(C2NCc3cc(F)ccc32)c1.